The van der Waals surface area contributed by atoms with E-state index in [1.807, 2.05) is 6.07 Å². The Balaban J connectivity index is 2.86. The molecule has 9 heteroatoms. The Morgan fingerprint density at radius 2 is 1.67 bits per heavy atom. The van der Waals surface area contributed by atoms with Gasteiger partial charge in [0.05, 0.1) is 13.1 Å². The largest absolute Gasteiger partial charge is 0.480 e. The number of amides is 3. The number of carbonyl (C=O) groups excluding carboxylic acids is 3. The molecule has 1 aromatic carbocycles. The van der Waals surface area contributed by atoms with Crippen molar-refractivity contribution in [1.82, 2.24) is 16.0 Å². The van der Waals surface area contributed by atoms with Gasteiger partial charge in [-0.2, -0.15) is 0 Å². The first-order chi connectivity index (χ1) is 12.7. The van der Waals surface area contributed by atoms with Crippen LogP contribution in [0, 0.1) is 5.92 Å². The van der Waals surface area contributed by atoms with Gasteiger partial charge in [0.2, 0.25) is 17.7 Å². The fourth-order valence-electron chi connectivity index (χ4n) is 2.32. The van der Waals surface area contributed by atoms with E-state index >= 15 is 0 Å². The third-order valence-electron chi connectivity index (χ3n) is 3.80. The van der Waals surface area contributed by atoms with E-state index in [-0.39, 0.29) is 25.4 Å². The average molecular weight is 378 g/mol. The molecule has 0 aliphatic heterocycles. The summed E-state index contributed by atoms with van der Waals surface area (Å²) in [5.74, 6) is -3.18. The summed E-state index contributed by atoms with van der Waals surface area (Å²) in [6, 6.07) is 6.92. The fraction of sp³-hybridized carbons (Fsp3) is 0.444. The molecule has 0 fully saturated rings. The van der Waals surface area contributed by atoms with Crippen LogP contribution in [0.4, 0.5) is 0 Å². The van der Waals surface area contributed by atoms with Gasteiger partial charge in [-0.25, -0.2) is 4.79 Å². The molecule has 1 aromatic rings. The normalized spacial score (nSPS) is 12.7. The van der Waals surface area contributed by atoms with Crippen LogP contribution < -0.4 is 21.7 Å². The van der Waals surface area contributed by atoms with Crippen molar-refractivity contribution in [3.05, 3.63) is 35.9 Å². The monoisotopic (exact) mass is 378 g/mol. The maximum absolute atomic E-state index is 12.6. The third kappa shape index (κ3) is 7.87. The van der Waals surface area contributed by atoms with Gasteiger partial charge < -0.3 is 26.8 Å². The summed E-state index contributed by atoms with van der Waals surface area (Å²) in [5, 5.41) is 16.6. The van der Waals surface area contributed by atoms with Gasteiger partial charge in [0, 0.05) is 6.42 Å². The highest BCUT2D eigenvalue weighted by Gasteiger charge is 2.28. The van der Waals surface area contributed by atoms with Gasteiger partial charge in [0.1, 0.15) is 12.1 Å². The van der Waals surface area contributed by atoms with Crippen LogP contribution in [-0.4, -0.2) is 54.0 Å². The number of nitrogens with one attached hydrogen (secondary N) is 3. The minimum Gasteiger partial charge on any atom is -0.480 e. The topological polar surface area (TPSA) is 151 Å². The molecule has 3 amide bonds. The molecular formula is C18H26N4O5. The highest BCUT2D eigenvalue weighted by molar-refractivity contribution is 5.92. The fourth-order valence-corrected chi connectivity index (χ4v) is 2.32. The summed E-state index contributed by atoms with van der Waals surface area (Å²) in [6.45, 7) is 2.76. The number of nitrogens with two attached hydrogens (primary N) is 1. The Bertz CT molecular complexity index is 663. The smallest absolute Gasteiger partial charge is 0.326 e. The van der Waals surface area contributed by atoms with Crippen LogP contribution in [0.25, 0.3) is 0 Å². The van der Waals surface area contributed by atoms with E-state index in [4.69, 9.17) is 5.73 Å². The van der Waals surface area contributed by atoms with Gasteiger partial charge in [-0.1, -0.05) is 44.2 Å². The molecule has 0 spiro atoms. The van der Waals surface area contributed by atoms with Gasteiger partial charge in [-0.05, 0) is 11.5 Å². The number of carbonyl (C=O) groups is 4. The second-order valence-corrected chi connectivity index (χ2v) is 6.36. The van der Waals surface area contributed by atoms with Gasteiger partial charge >= 0.3 is 5.97 Å². The van der Waals surface area contributed by atoms with Crippen molar-refractivity contribution in [1.29, 1.82) is 0 Å². The quantitative estimate of drug-likeness (QED) is 0.353. The number of carboxylic acid groups (broad SMARTS) is 1. The predicted octanol–water partition coefficient (Wildman–Crippen LogP) is -0.986. The second-order valence-electron chi connectivity index (χ2n) is 6.36. The zero-order valence-corrected chi connectivity index (χ0v) is 15.4. The molecule has 0 heterocycles. The molecule has 27 heavy (non-hydrogen) atoms. The lowest BCUT2D eigenvalue weighted by atomic mass is 10.0. The number of rotatable bonds is 10. The minimum absolute atomic E-state index is 0.174. The molecular weight excluding hydrogens is 352 g/mol. The van der Waals surface area contributed by atoms with Crippen LogP contribution >= 0.6 is 0 Å². The van der Waals surface area contributed by atoms with Crippen molar-refractivity contribution < 1.29 is 24.3 Å². The van der Waals surface area contributed by atoms with Crippen molar-refractivity contribution in [3.8, 4) is 0 Å². The SMILES string of the molecule is CC(C)C(NC(=O)C(Cc1ccccc1)NC(=O)CNC(=O)CN)C(=O)O. The van der Waals surface area contributed by atoms with Crippen LogP contribution in [0.5, 0.6) is 0 Å². The van der Waals surface area contributed by atoms with Crippen molar-refractivity contribution in [2.45, 2.75) is 32.4 Å². The lowest BCUT2D eigenvalue weighted by Crippen LogP contribution is -2.55. The minimum atomic E-state index is -1.15. The molecule has 0 aliphatic carbocycles. The third-order valence-corrected chi connectivity index (χ3v) is 3.80. The maximum atomic E-state index is 12.6. The molecule has 2 atom stereocenters. The van der Waals surface area contributed by atoms with Crippen molar-refractivity contribution >= 4 is 23.7 Å². The first kappa shape index (κ1) is 22.1. The van der Waals surface area contributed by atoms with Crippen LogP contribution in [0.1, 0.15) is 19.4 Å². The van der Waals surface area contributed by atoms with E-state index in [0.29, 0.717) is 0 Å². The summed E-state index contributed by atoms with van der Waals surface area (Å²) in [5.41, 5.74) is 5.95. The Labute approximate surface area is 157 Å². The van der Waals surface area contributed by atoms with Crippen molar-refractivity contribution in [2.24, 2.45) is 11.7 Å². The second kappa shape index (κ2) is 10.9. The zero-order chi connectivity index (χ0) is 20.4. The van der Waals surface area contributed by atoms with Crippen LogP contribution in [0.3, 0.4) is 0 Å². The highest BCUT2D eigenvalue weighted by Crippen LogP contribution is 2.06. The Kier molecular flexibility index (Phi) is 8.94. The Hall–Kier alpha value is -2.94. The summed E-state index contributed by atoms with van der Waals surface area (Å²) in [6.07, 6.45) is 0.174. The first-order valence-electron chi connectivity index (χ1n) is 8.57. The van der Waals surface area contributed by atoms with E-state index in [0.717, 1.165) is 5.56 Å². The number of benzene rings is 1. The van der Waals surface area contributed by atoms with Crippen LogP contribution in [-0.2, 0) is 25.6 Å². The molecule has 1 rings (SSSR count). The molecule has 0 saturated carbocycles. The van der Waals surface area contributed by atoms with Gasteiger partial charge in [0.25, 0.3) is 0 Å². The summed E-state index contributed by atoms with van der Waals surface area (Å²) >= 11 is 0. The van der Waals surface area contributed by atoms with Gasteiger partial charge in [0.15, 0.2) is 0 Å². The van der Waals surface area contributed by atoms with Crippen LogP contribution in [0.15, 0.2) is 30.3 Å². The molecule has 0 radical (unpaired) electrons. The lowest BCUT2D eigenvalue weighted by Gasteiger charge is -2.23. The predicted molar refractivity (Wildman–Crippen MR) is 98.5 cm³/mol. The molecule has 9 nitrogen and oxygen atoms in total. The number of aliphatic carboxylic acids is 1. The van der Waals surface area contributed by atoms with E-state index in [2.05, 4.69) is 16.0 Å². The van der Waals surface area contributed by atoms with E-state index in [1.54, 1.807) is 38.1 Å². The Morgan fingerprint density at radius 1 is 1.04 bits per heavy atom. The standard InChI is InChI=1S/C18H26N4O5/c1-11(2)16(18(26)27)22-17(25)13(8-12-6-4-3-5-7-12)21-15(24)10-20-14(23)9-19/h3-7,11,13,16H,8-10,19H2,1-2H3,(H,20,23)(H,21,24)(H,22,25)(H,26,27). The first-order valence-corrected chi connectivity index (χ1v) is 8.57. The van der Waals surface area contributed by atoms with Gasteiger partial charge in [-0.3, -0.25) is 14.4 Å². The summed E-state index contributed by atoms with van der Waals surface area (Å²) in [7, 11) is 0. The molecule has 0 saturated heterocycles. The van der Waals surface area contributed by atoms with E-state index in [9.17, 15) is 24.3 Å². The van der Waals surface area contributed by atoms with Crippen LogP contribution in [0.2, 0.25) is 0 Å². The van der Waals surface area contributed by atoms with Crippen molar-refractivity contribution in [3.63, 3.8) is 0 Å². The highest BCUT2D eigenvalue weighted by atomic mass is 16.4. The number of carboxylic acids is 1. The van der Waals surface area contributed by atoms with E-state index in [1.165, 1.54) is 0 Å². The molecule has 6 N–H and O–H groups in total. The van der Waals surface area contributed by atoms with Crippen molar-refractivity contribution in [2.75, 3.05) is 13.1 Å². The zero-order valence-electron chi connectivity index (χ0n) is 15.4. The molecule has 0 bridgehead atoms. The van der Waals surface area contributed by atoms with Gasteiger partial charge in [-0.15, -0.1) is 0 Å². The maximum Gasteiger partial charge on any atom is 0.326 e. The molecule has 2 unspecified atom stereocenters. The average Bonchev–Trinajstić information content (AvgIpc) is 2.63. The lowest BCUT2D eigenvalue weighted by molar-refractivity contribution is -0.143. The van der Waals surface area contributed by atoms with E-state index < -0.39 is 35.8 Å². The molecule has 0 aromatic heterocycles. The molecule has 148 valence electrons. The molecule has 0 aliphatic rings. The number of hydrogen-bond donors (Lipinski definition) is 5. The number of hydrogen-bond acceptors (Lipinski definition) is 5. The summed E-state index contributed by atoms with van der Waals surface area (Å²) < 4.78 is 0. The summed E-state index contributed by atoms with van der Waals surface area (Å²) in [4.78, 5) is 47.1. The Morgan fingerprint density at radius 3 is 2.19 bits per heavy atom.